The Hall–Kier alpha value is -0.840. The lowest BCUT2D eigenvalue weighted by atomic mass is 9.74. The molecule has 2 heteroatoms. The van der Waals surface area contributed by atoms with Gasteiger partial charge in [0.2, 0.25) is 0 Å². The van der Waals surface area contributed by atoms with E-state index in [9.17, 15) is 4.39 Å². The number of hydrogen-bond donors (Lipinski definition) is 0. The number of nitriles is 1. The van der Waals surface area contributed by atoms with Gasteiger partial charge in [-0.25, -0.2) is 0 Å². The molecule has 24 heavy (non-hydrogen) atoms. The van der Waals surface area contributed by atoms with Crippen molar-refractivity contribution in [3.8, 4) is 6.07 Å². The van der Waals surface area contributed by atoms with E-state index in [1.807, 2.05) is 0 Å². The first-order chi connectivity index (χ1) is 11.7. The van der Waals surface area contributed by atoms with E-state index in [2.05, 4.69) is 6.92 Å². The molecule has 136 valence electrons. The fourth-order valence-corrected chi connectivity index (χ4v) is 4.99. The minimum atomic E-state index is -0.614. The van der Waals surface area contributed by atoms with Crippen LogP contribution in [-0.4, -0.2) is 0 Å². The van der Waals surface area contributed by atoms with Crippen molar-refractivity contribution in [2.24, 2.45) is 23.7 Å². The predicted octanol–water partition coefficient (Wildman–Crippen LogP) is 7.34. The summed E-state index contributed by atoms with van der Waals surface area (Å²) in [6.07, 6.45) is 20.3. The quantitative estimate of drug-likeness (QED) is 0.426. The van der Waals surface area contributed by atoms with Gasteiger partial charge >= 0.3 is 0 Å². The molecule has 0 atom stereocenters. The topological polar surface area (TPSA) is 23.8 Å². The molecule has 2 aliphatic carbocycles. The maximum Gasteiger partial charge on any atom is 0.196 e. The zero-order valence-corrected chi connectivity index (χ0v) is 15.6. The lowest BCUT2D eigenvalue weighted by Crippen LogP contribution is -2.18. The summed E-state index contributed by atoms with van der Waals surface area (Å²) in [5, 5.41) is 8.42. The number of nitrogens with zero attached hydrogens (tertiary/aromatic N) is 1. The van der Waals surface area contributed by atoms with Crippen LogP contribution in [0, 0.1) is 35.0 Å². The largest absolute Gasteiger partial charge is 0.196 e. The summed E-state index contributed by atoms with van der Waals surface area (Å²) in [4.78, 5) is 0. The normalized spacial score (nSPS) is 31.6. The van der Waals surface area contributed by atoms with Crippen molar-refractivity contribution < 1.29 is 4.39 Å². The number of rotatable bonds is 8. The van der Waals surface area contributed by atoms with Crippen LogP contribution >= 0.6 is 0 Å². The van der Waals surface area contributed by atoms with Crippen LogP contribution < -0.4 is 0 Å². The number of allylic oxidation sites excluding steroid dienone is 2. The van der Waals surface area contributed by atoms with Gasteiger partial charge in [0.15, 0.2) is 5.83 Å². The van der Waals surface area contributed by atoms with Crippen LogP contribution in [0.4, 0.5) is 4.39 Å². The third-order valence-electron chi connectivity index (χ3n) is 6.62. The molecule has 0 unspecified atom stereocenters. The van der Waals surface area contributed by atoms with Gasteiger partial charge in [0, 0.05) is 0 Å². The summed E-state index contributed by atoms with van der Waals surface area (Å²) in [6, 6.07) is 1.56. The van der Waals surface area contributed by atoms with E-state index in [-0.39, 0.29) is 0 Å². The highest BCUT2D eigenvalue weighted by Crippen LogP contribution is 2.38. The van der Waals surface area contributed by atoms with Crippen LogP contribution in [-0.2, 0) is 0 Å². The van der Waals surface area contributed by atoms with Crippen LogP contribution in [0.3, 0.4) is 0 Å². The summed E-state index contributed by atoms with van der Waals surface area (Å²) in [7, 11) is 0. The Morgan fingerprint density at radius 3 is 1.67 bits per heavy atom. The Balaban J connectivity index is 1.55. The Bertz CT molecular complexity index is 406. The lowest BCUT2D eigenvalue weighted by molar-refractivity contribution is 0.210. The Labute approximate surface area is 148 Å². The van der Waals surface area contributed by atoms with Crippen LogP contribution in [0.1, 0.15) is 96.8 Å². The summed E-state index contributed by atoms with van der Waals surface area (Å²) in [5.74, 6) is 3.13. The molecule has 2 saturated carbocycles. The average molecular weight is 334 g/mol. The van der Waals surface area contributed by atoms with Crippen LogP contribution in [0.5, 0.6) is 0 Å². The summed E-state index contributed by atoms with van der Waals surface area (Å²) in [5.41, 5.74) is 0. The zero-order chi connectivity index (χ0) is 17.2. The Kier molecular flexibility index (Phi) is 8.86. The smallest absolute Gasteiger partial charge is 0.195 e. The zero-order valence-electron chi connectivity index (χ0n) is 15.6. The number of halogens is 1. The summed E-state index contributed by atoms with van der Waals surface area (Å²) < 4.78 is 12.8. The second kappa shape index (κ2) is 10.9. The van der Waals surface area contributed by atoms with Crippen molar-refractivity contribution in [3.05, 3.63) is 11.9 Å². The first-order valence-electron chi connectivity index (χ1n) is 10.5. The van der Waals surface area contributed by atoms with Gasteiger partial charge in [0.1, 0.15) is 6.07 Å². The molecule has 0 bridgehead atoms. The molecule has 1 nitrogen and oxygen atoms in total. The molecule has 0 saturated heterocycles. The van der Waals surface area contributed by atoms with Crippen LogP contribution in [0.2, 0.25) is 0 Å². The minimum Gasteiger partial charge on any atom is -0.195 e. The fourth-order valence-electron chi connectivity index (χ4n) is 4.99. The maximum absolute atomic E-state index is 12.8. The van der Waals surface area contributed by atoms with Gasteiger partial charge < -0.3 is 0 Å². The highest BCUT2D eigenvalue weighted by Gasteiger charge is 2.24. The molecule has 0 aromatic rings. The van der Waals surface area contributed by atoms with Gasteiger partial charge in [-0.05, 0) is 42.6 Å². The van der Waals surface area contributed by atoms with Crippen LogP contribution in [0.15, 0.2) is 11.9 Å². The average Bonchev–Trinajstić information content (AvgIpc) is 2.62. The second-order valence-electron chi connectivity index (χ2n) is 8.38. The van der Waals surface area contributed by atoms with Crippen molar-refractivity contribution in [3.63, 3.8) is 0 Å². The molecule has 0 heterocycles. The molecular formula is C22H36FN. The predicted molar refractivity (Wildman–Crippen MR) is 99.1 cm³/mol. The molecule has 0 aliphatic heterocycles. The second-order valence-corrected chi connectivity index (χ2v) is 8.38. The molecule has 0 radical (unpaired) electrons. The van der Waals surface area contributed by atoms with E-state index in [1.165, 1.54) is 83.1 Å². The summed E-state index contributed by atoms with van der Waals surface area (Å²) >= 11 is 0. The van der Waals surface area contributed by atoms with Gasteiger partial charge in [0.05, 0.1) is 0 Å². The highest BCUT2D eigenvalue weighted by atomic mass is 19.1. The van der Waals surface area contributed by atoms with E-state index >= 15 is 0 Å². The maximum atomic E-state index is 12.8. The van der Waals surface area contributed by atoms with Gasteiger partial charge in [-0.15, -0.1) is 0 Å². The van der Waals surface area contributed by atoms with Crippen molar-refractivity contribution in [1.82, 2.24) is 0 Å². The SMILES string of the molecule is CCC[C@H]1CC[C@H](CC[C@H]2CC[C@H](CC/C=C(\F)C#N)CC2)CC1. The molecule has 0 amide bonds. The first kappa shape index (κ1) is 19.5. The monoisotopic (exact) mass is 333 g/mol. The Morgan fingerprint density at radius 1 is 0.833 bits per heavy atom. The van der Waals surface area contributed by atoms with Crippen molar-refractivity contribution in [2.75, 3.05) is 0 Å². The minimum absolute atomic E-state index is 0.614. The van der Waals surface area contributed by atoms with E-state index in [1.54, 1.807) is 6.07 Å². The molecule has 2 rings (SSSR count). The van der Waals surface area contributed by atoms with Crippen molar-refractivity contribution in [1.29, 1.82) is 5.26 Å². The third-order valence-corrected chi connectivity index (χ3v) is 6.62. The van der Waals surface area contributed by atoms with Crippen LogP contribution in [0.25, 0.3) is 0 Å². The highest BCUT2D eigenvalue weighted by molar-refractivity contribution is 5.11. The van der Waals surface area contributed by atoms with E-state index < -0.39 is 5.83 Å². The summed E-state index contributed by atoms with van der Waals surface area (Å²) in [6.45, 7) is 2.32. The van der Waals surface area contributed by atoms with Gasteiger partial charge in [0.25, 0.3) is 0 Å². The Morgan fingerprint density at radius 2 is 1.25 bits per heavy atom. The molecule has 0 aromatic heterocycles. The molecule has 0 spiro atoms. The van der Waals surface area contributed by atoms with Gasteiger partial charge in [-0.3, -0.25) is 0 Å². The first-order valence-corrected chi connectivity index (χ1v) is 10.5. The van der Waals surface area contributed by atoms with E-state index in [4.69, 9.17) is 5.26 Å². The molecule has 2 aliphatic rings. The molecule has 2 fully saturated rings. The van der Waals surface area contributed by atoms with Gasteiger partial charge in [-0.1, -0.05) is 84.0 Å². The van der Waals surface area contributed by atoms with E-state index in [0.29, 0.717) is 0 Å². The lowest BCUT2D eigenvalue weighted by Gasteiger charge is -2.32. The van der Waals surface area contributed by atoms with Gasteiger partial charge in [-0.2, -0.15) is 9.65 Å². The molecule has 0 N–H and O–H groups in total. The molecule has 0 aromatic carbocycles. The van der Waals surface area contributed by atoms with Crippen molar-refractivity contribution >= 4 is 0 Å². The van der Waals surface area contributed by atoms with E-state index in [0.717, 1.165) is 36.5 Å². The van der Waals surface area contributed by atoms with Crippen molar-refractivity contribution in [2.45, 2.75) is 96.8 Å². The molecular weight excluding hydrogens is 297 g/mol. The standard InChI is InChI=1S/C22H36FN/c1-2-4-18-7-11-20(12-8-18)15-16-21-13-9-19(10-14-21)5-3-6-22(23)17-24/h6,18-21H,2-5,7-16H2,1H3/b22-6-/t18-,19-,20-,21-. The fraction of sp³-hybridized carbons (Fsp3) is 0.864. The third kappa shape index (κ3) is 6.96. The number of hydrogen-bond acceptors (Lipinski definition) is 1.